The highest BCUT2D eigenvalue weighted by Gasteiger charge is 2.65. The van der Waals surface area contributed by atoms with Crippen LogP contribution in [0.2, 0.25) is 0 Å². The van der Waals surface area contributed by atoms with E-state index in [9.17, 15) is 0 Å². The van der Waals surface area contributed by atoms with E-state index in [1.807, 2.05) is 104 Å². The first-order valence-electron chi connectivity index (χ1n) is 40.8. The van der Waals surface area contributed by atoms with Crippen LogP contribution in [0.25, 0.3) is 10.8 Å². The number of para-hydroxylation sites is 4. The average molecular weight is 1550 g/mol. The summed E-state index contributed by atoms with van der Waals surface area (Å²) < 4.78 is 129. The van der Waals surface area contributed by atoms with Gasteiger partial charge in [-0.05, 0) is 252 Å². The van der Waals surface area contributed by atoms with Gasteiger partial charge in [0.1, 0.15) is 23.0 Å². The highest BCUT2D eigenvalue weighted by Crippen LogP contribution is 2.46. The number of fused-ring (bicyclic) bond motifs is 2. The Morgan fingerprint density at radius 2 is 0.527 bits per heavy atom. The number of rotatable bonds is 6. The second-order valence-electron chi connectivity index (χ2n) is 40.8. The van der Waals surface area contributed by atoms with E-state index in [0.717, 1.165) is 38.3 Å². The van der Waals surface area contributed by atoms with E-state index in [1.54, 1.807) is 0 Å². The van der Waals surface area contributed by atoms with Gasteiger partial charge < -0.3 is 102 Å². The standard InChI is InChI=1S/C18H22B2O2.C14H28B2O4.C12H8B2O4.2C12H24B2O4.C10H20B2O4/c1-17(2)18(3,4)22-20(21-17)19-11-14-9-5-7-13-8-6-10-15(12-19)16(13)14;1-11(2)9-12(3,4)18-15(17-11)16-19-13(5,6)10-14(7,8)20-16;1-2-6-10-9(5-1)15-13(16-10)14-17-11-7-3-4-8-12(11)18-14;1-9-7-11(3,4)17-13(15-9)14-16-10(2)8-12(5,6)18-14;1-9(2)10(3,4)16-13(15-9)14-17-11(5,6)12(7,8)18-14;1-9(2)5-13-11(14-6-9)12-15-7-10(3,4)8-16-12/h5-10H,11-12H2,1-4H3;9-10H2,1-8H3;1-8H;9-10H,7-8H2,1-6H3;1-8H3;5-8H2,1-4H3. The summed E-state index contributed by atoms with van der Waals surface area (Å²) in [6.07, 6.45) is 5.84. The minimum atomic E-state index is -0.574. The van der Waals surface area contributed by atoms with Gasteiger partial charge in [-0.25, -0.2) is 0 Å². The molecule has 12 heterocycles. The second-order valence-corrected chi connectivity index (χ2v) is 40.8. The maximum Gasteiger partial charge on any atom is 0.658 e. The molecule has 22 nitrogen and oxygen atoms in total. The van der Waals surface area contributed by atoms with Crippen molar-refractivity contribution in [2.45, 2.75) is 325 Å². The summed E-state index contributed by atoms with van der Waals surface area (Å²) in [5.74, 6) is 2.85. The number of hydrogen-bond acceptors (Lipinski definition) is 22. The Labute approximate surface area is 675 Å². The maximum atomic E-state index is 6.29. The summed E-state index contributed by atoms with van der Waals surface area (Å²) >= 11 is 0. The molecule has 9 fully saturated rings. The van der Waals surface area contributed by atoms with Gasteiger partial charge in [0.05, 0.1) is 67.2 Å². The molecule has 0 aliphatic carbocycles. The number of benzene rings is 4. The Balaban J connectivity index is 0.000000133. The van der Waals surface area contributed by atoms with Crippen LogP contribution in [0.1, 0.15) is 245 Å². The Hall–Kier alpha value is -3.60. The molecule has 2 atom stereocenters. The third-order valence-corrected chi connectivity index (χ3v) is 23.2. The fourth-order valence-corrected chi connectivity index (χ4v) is 16.2. The van der Waals surface area contributed by atoms with Crippen molar-refractivity contribution in [1.29, 1.82) is 0 Å². The minimum absolute atomic E-state index is 0.0877. The molecule has 0 bridgehead atoms. The van der Waals surface area contributed by atoms with Gasteiger partial charge in [-0.3, -0.25) is 0 Å². The zero-order valence-corrected chi connectivity index (χ0v) is 73.2. The van der Waals surface area contributed by atoms with Crippen LogP contribution in [-0.2, 0) is 96.4 Å². The molecule has 0 saturated carbocycles. The van der Waals surface area contributed by atoms with Crippen LogP contribution in [-0.4, -0.2) is 190 Å². The van der Waals surface area contributed by atoms with Gasteiger partial charge in [0.2, 0.25) is 0 Å². The summed E-state index contributed by atoms with van der Waals surface area (Å²) in [6.45, 7) is 65.5. The van der Waals surface area contributed by atoms with E-state index in [-0.39, 0.29) is 111 Å². The summed E-state index contributed by atoms with van der Waals surface area (Å²) in [4.78, 5) is 0. The Morgan fingerprint density at radius 1 is 0.268 bits per heavy atom. The van der Waals surface area contributed by atoms with Crippen molar-refractivity contribution < 1.29 is 102 Å². The lowest BCUT2D eigenvalue weighted by atomic mass is 9.19. The Kier molecular flexibility index (Phi) is 26.2. The third kappa shape index (κ3) is 22.1. The van der Waals surface area contributed by atoms with Gasteiger partial charge >= 0.3 is 77.1 Å². The topological polar surface area (TPSA) is 203 Å². The van der Waals surface area contributed by atoms with Crippen LogP contribution in [0.5, 0.6) is 23.0 Å². The van der Waals surface area contributed by atoms with E-state index in [4.69, 9.17) is 102 Å². The van der Waals surface area contributed by atoms with Crippen LogP contribution in [0.4, 0.5) is 0 Å². The summed E-state index contributed by atoms with van der Waals surface area (Å²) in [5, 5.41) is 2.79. The van der Waals surface area contributed by atoms with Crippen molar-refractivity contribution in [3.63, 3.8) is 0 Å². The average Bonchev–Trinajstić information content (AvgIpc) is 1.50. The molecule has 112 heavy (non-hydrogen) atoms. The van der Waals surface area contributed by atoms with Gasteiger partial charge in [0, 0.05) is 62.3 Å². The molecular formula is C78H126B12O22. The van der Waals surface area contributed by atoms with E-state index >= 15 is 0 Å². The van der Waals surface area contributed by atoms with Gasteiger partial charge in [-0.2, -0.15) is 0 Å². The molecule has 0 spiro atoms. The van der Waals surface area contributed by atoms with Gasteiger partial charge in [-0.1, -0.05) is 88.4 Å². The third-order valence-electron chi connectivity index (χ3n) is 23.2. The molecule has 0 radical (unpaired) electrons. The van der Waals surface area contributed by atoms with E-state index in [2.05, 4.69) is 189 Å². The zero-order chi connectivity index (χ0) is 82.2. The van der Waals surface area contributed by atoms with E-state index in [0.29, 0.717) is 56.0 Å². The maximum absolute atomic E-state index is 6.29. The molecule has 0 aromatic heterocycles. The van der Waals surface area contributed by atoms with Crippen LogP contribution in [0.15, 0.2) is 84.9 Å². The molecule has 34 heteroatoms. The van der Waals surface area contributed by atoms with Crippen LogP contribution in [0.3, 0.4) is 0 Å². The van der Waals surface area contributed by atoms with Crippen molar-refractivity contribution in [2.75, 3.05) is 26.4 Å². The highest BCUT2D eigenvalue weighted by atomic mass is 16.7. The monoisotopic (exact) mass is 1550 g/mol. The largest absolute Gasteiger partial charge is 0.658 e. The molecule has 12 aliphatic rings. The minimum Gasteiger partial charge on any atom is -0.524 e. The highest BCUT2D eigenvalue weighted by molar-refractivity contribution is 7.17. The van der Waals surface area contributed by atoms with Crippen LogP contribution in [0, 0.1) is 10.8 Å². The zero-order valence-electron chi connectivity index (χ0n) is 73.2. The smallest absolute Gasteiger partial charge is 0.524 e. The first kappa shape index (κ1) is 89.2. The van der Waals surface area contributed by atoms with Gasteiger partial charge in [-0.15, -0.1) is 0 Å². The fraction of sp³-hybridized carbons (Fsp3) is 0.718. The molecule has 4 aromatic carbocycles. The lowest BCUT2D eigenvalue weighted by Crippen LogP contribution is -2.64. The number of hydrogen-bond donors (Lipinski definition) is 0. The molecule has 12 aliphatic heterocycles. The lowest BCUT2D eigenvalue weighted by Gasteiger charge is -2.49. The molecule has 0 N–H and O–H groups in total. The van der Waals surface area contributed by atoms with Crippen LogP contribution >= 0.6 is 0 Å². The molecule has 0 amide bonds. The van der Waals surface area contributed by atoms with Crippen molar-refractivity contribution >= 4 is 94.5 Å². The SMILES string of the molecule is CC1(C)CC(C)(C)OB(B2OC(C)(C)CC(C)(C)O2)O1.CC1(C)COB(B2OCC(C)(C)CO2)OC1.CC1(C)OB(B2Cc3cccc4cccc(c34)C2)OC1(C)C.CC1(C)OB(B2OC(C)(C)C(C)(C)O2)OC1(C)C.CC1CC(C)(C)OB(B2OC(C)CC(C)(C)O2)O1.c1ccc2c(c1)OB(B1Oc3ccccc3O1)O2. The first-order chi connectivity index (χ1) is 51.5. The molecular weight excluding hydrogens is 1420 g/mol. The molecule has 2 unspecified atom stereocenters. The summed E-state index contributed by atoms with van der Waals surface area (Å²) in [5.41, 5.74) is -0.273. The normalized spacial score (nSPS) is 27.4. The van der Waals surface area contributed by atoms with Crippen molar-refractivity contribution in [3.05, 3.63) is 96.1 Å². The van der Waals surface area contributed by atoms with Crippen molar-refractivity contribution in [1.82, 2.24) is 0 Å². The summed E-state index contributed by atoms with van der Waals surface area (Å²) in [6, 6.07) is 28.3. The van der Waals surface area contributed by atoms with Crippen molar-refractivity contribution in [3.8, 4) is 23.0 Å². The molecule has 16 rings (SSSR count). The predicted molar refractivity (Wildman–Crippen MR) is 449 cm³/mol. The van der Waals surface area contributed by atoms with Crippen molar-refractivity contribution in [2.24, 2.45) is 10.8 Å². The first-order valence-corrected chi connectivity index (χ1v) is 40.8. The lowest BCUT2D eigenvalue weighted by molar-refractivity contribution is -0.0987. The fourth-order valence-electron chi connectivity index (χ4n) is 16.2. The molecule has 606 valence electrons. The Morgan fingerprint density at radius 3 is 0.804 bits per heavy atom. The van der Waals surface area contributed by atoms with Crippen LogP contribution < -0.4 is 18.6 Å². The molecule has 9 saturated heterocycles. The second kappa shape index (κ2) is 32.8. The predicted octanol–water partition coefficient (Wildman–Crippen LogP) is 14.4. The van der Waals surface area contributed by atoms with Gasteiger partial charge in [0.15, 0.2) is 6.60 Å². The Bertz CT molecular complexity index is 3490. The quantitative estimate of drug-likeness (QED) is 0.165. The van der Waals surface area contributed by atoms with E-state index in [1.165, 1.54) is 21.9 Å². The van der Waals surface area contributed by atoms with Gasteiger partial charge in [0.25, 0.3) is 0 Å². The molecule has 4 aromatic rings. The summed E-state index contributed by atoms with van der Waals surface area (Å²) in [7, 11) is -4.82. The van der Waals surface area contributed by atoms with E-state index < -0.39 is 56.1 Å².